The predicted molar refractivity (Wildman–Crippen MR) is 72.5 cm³/mol. The fraction of sp³-hybridized carbons (Fsp3) is 0.769. The second-order valence-electron chi connectivity index (χ2n) is 4.52. The molecule has 2 N–H and O–H groups in total. The highest BCUT2D eigenvalue weighted by Crippen LogP contribution is 1.97. The molecular weight excluding hydrogens is 230 g/mol. The van der Waals surface area contributed by atoms with E-state index in [1.807, 2.05) is 6.92 Å². The van der Waals surface area contributed by atoms with Crippen LogP contribution in [0.15, 0.2) is 12.7 Å². The molecule has 0 saturated carbocycles. The lowest BCUT2D eigenvalue weighted by atomic mass is 10.3. The van der Waals surface area contributed by atoms with E-state index in [4.69, 9.17) is 4.74 Å². The summed E-state index contributed by atoms with van der Waals surface area (Å²) >= 11 is 0. The highest BCUT2D eigenvalue weighted by atomic mass is 16.5. The summed E-state index contributed by atoms with van der Waals surface area (Å²) in [5.74, 6) is 0.0290. The zero-order valence-electron chi connectivity index (χ0n) is 11.3. The number of carbonyl (C=O) groups is 1. The Morgan fingerprint density at radius 3 is 2.89 bits per heavy atom. The third-order valence-electron chi connectivity index (χ3n) is 3.02. The van der Waals surface area contributed by atoms with Gasteiger partial charge in [0.2, 0.25) is 5.91 Å². The van der Waals surface area contributed by atoms with E-state index < -0.39 is 0 Å². The van der Waals surface area contributed by atoms with Gasteiger partial charge in [-0.15, -0.1) is 6.58 Å². The van der Waals surface area contributed by atoms with Gasteiger partial charge in [0.15, 0.2) is 0 Å². The number of rotatable bonds is 8. The molecule has 5 nitrogen and oxygen atoms in total. The lowest BCUT2D eigenvalue weighted by Crippen LogP contribution is -2.43. The molecule has 1 amide bonds. The Hall–Kier alpha value is -0.910. The molecule has 1 aliphatic heterocycles. The Morgan fingerprint density at radius 2 is 2.22 bits per heavy atom. The fourth-order valence-electron chi connectivity index (χ4n) is 1.86. The molecule has 1 fully saturated rings. The Balaban J connectivity index is 2.02. The largest absolute Gasteiger partial charge is 0.379 e. The minimum absolute atomic E-state index is 0.0290. The molecule has 0 aromatic rings. The average Bonchev–Trinajstić information content (AvgIpc) is 2.41. The number of nitrogens with one attached hydrogen (secondary N) is 2. The lowest BCUT2D eigenvalue weighted by Gasteiger charge is -2.26. The Labute approximate surface area is 110 Å². The molecule has 5 heteroatoms. The van der Waals surface area contributed by atoms with Crippen LogP contribution in [0.3, 0.4) is 0 Å². The molecule has 104 valence electrons. The molecule has 0 aliphatic carbocycles. The van der Waals surface area contributed by atoms with Gasteiger partial charge in [0, 0.05) is 19.6 Å². The number of ether oxygens (including phenoxy) is 1. The molecule has 1 rings (SSSR count). The molecular formula is C13H25N3O2. The van der Waals surface area contributed by atoms with Gasteiger partial charge in [0.25, 0.3) is 0 Å². The first-order chi connectivity index (χ1) is 8.74. The summed E-state index contributed by atoms with van der Waals surface area (Å²) in [5, 5.41) is 6.00. The topological polar surface area (TPSA) is 53.6 Å². The highest BCUT2D eigenvalue weighted by molar-refractivity contribution is 5.81. The Morgan fingerprint density at radius 1 is 1.50 bits per heavy atom. The van der Waals surface area contributed by atoms with Crippen LogP contribution in [0.2, 0.25) is 0 Å². The molecule has 0 aromatic heterocycles. The Kier molecular flexibility index (Phi) is 7.64. The monoisotopic (exact) mass is 255 g/mol. The number of amides is 1. The minimum Gasteiger partial charge on any atom is -0.379 e. The van der Waals surface area contributed by atoms with Crippen molar-refractivity contribution in [3.63, 3.8) is 0 Å². The Bertz CT molecular complexity index is 253. The van der Waals surface area contributed by atoms with E-state index in [-0.39, 0.29) is 11.9 Å². The third-order valence-corrected chi connectivity index (χ3v) is 3.02. The van der Waals surface area contributed by atoms with Crippen LogP contribution in [0.25, 0.3) is 0 Å². The van der Waals surface area contributed by atoms with Gasteiger partial charge in [-0.05, 0) is 26.4 Å². The summed E-state index contributed by atoms with van der Waals surface area (Å²) in [6.07, 6.45) is 2.74. The summed E-state index contributed by atoms with van der Waals surface area (Å²) < 4.78 is 5.29. The fourth-order valence-corrected chi connectivity index (χ4v) is 1.86. The maximum Gasteiger partial charge on any atom is 0.237 e. The van der Waals surface area contributed by atoms with Gasteiger partial charge in [-0.25, -0.2) is 0 Å². The molecule has 1 unspecified atom stereocenters. The van der Waals surface area contributed by atoms with Crippen LogP contribution in [0.4, 0.5) is 0 Å². The van der Waals surface area contributed by atoms with Crippen molar-refractivity contribution in [2.75, 3.05) is 45.9 Å². The average molecular weight is 255 g/mol. The summed E-state index contributed by atoms with van der Waals surface area (Å²) in [6.45, 7) is 11.6. The molecule has 18 heavy (non-hydrogen) atoms. The molecule has 1 saturated heterocycles. The second kappa shape index (κ2) is 9.08. The normalized spacial score (nSPS) is 18.3. The van der Waals surface area contributed by atoms with Crippen molar-refractivity contribution in [3.05, 3.63) is 12.7 Å². The van der Waals surface area contributed by atoms with E-state index in [2.05, 4.69) is 22.1 Å². The van der Waals surface area contributed by atoms with Gasteiger partial charge in [-0.2, -0.15) is 0 Å². The van der Waals surface area contributed by atoms with Crippen LogP contribution in [0, 0.1) is 0 Å². The summed E-state index contributed by atoms with van der Waals surface area (Å²) in [4.78, 5) is 13.9. The molecule has 1 aliphatic rings. The van der Waals surface area contributed by atoms with Crippen molar-refractivity contribution < 1.29 is 9.53 Å². The van der Waals surface area contributed by atoms with Crippen molar-refractivity contribution in [1.82, 2.24) is 15.5 Å². The van der Waals surface area contributed by atoms with Crippen LogP contribution in [-0.4, -0.2) is 62.8 Å². The second-order valence-corrected chi connectivity index (χ2v) is 4.52. The third kappa shape index (κ3) is 6.14. The van der Waals surface area contributed by atoms with Gasteiger partial charge in [-0.3, -0.25) is 9.69 Å². The number of nitrogens with zero attached hydrogens (tertiary/aromatic N) is 1. The predicted octanol–water partition coefficient (Wildman–Crippen LogP) is -0.0110. The maximum atomic E-state index is 11.5. The molecule has 0 bridgehead atoms. The van der Waals surface area contributed by atoms with Gasteiger partial charge in [-0.1, -0.05) is 6.08 Å². The minimum atomic E-state index is -0.144. The van der Waals surface area contributed by atoms with Crippen LogP contribution in [-0.2, 0) is 9.53 Å². The quantitative estimate of drug-likeness (QED) is 0.473. The van der Waals surface area contributed by atoms with Crippen molar-refractivity contribution in [3.8, 4) is 0 Å². The van der Waals surface area contributed by atoms with Gasteiger partial charge in [0.1, 0.15) is 0 Å². The SMILES string of the molecule is C=CCNC(=O)C(C)NCCCN1CCOCC1. The molecule has 0 aromatic carbocycles. The standard InChI is InChI=1S/C13H25N3O2/c1-3-5-15-13(17)12(2)14-6-4-7-16-8-10-18-11-9-16/h3,12,14H,1,4-11H2,2H3,(H,15,17). The lowest BCUT2D eigenvalue weighted by molar-refractivity contribution is -0.122. The summed E-state index contributed by atoms with van der Waals surface area (Å²) in [5.41, 5.74) is 0. The highest BCUT2D eigenvalue weighted by Gasteiger charge is 2.12. The molecule has 1 atom stereocenters. The zero-order chi connectivity index (χ0) is 13.2. The number of carbonyl (C=O) groups excluding carboxylic acids is 1. The van der Waals surface area contributed by atoms with Gasteiger partial charge >= 0.3 is 0 Å². The van der Waals surface area contributed by atoms with Gasteiger partial charge < -0.3 is 15.4 Å². The molecule has 0 spiro atoms. The number of morpholine rings is 1. The van der Waals surface area contributed by atoms with Crippen molar-refractivity contribution in [1.29, 1.82) is 0 Å². The van der Waals surface area contributed by atoms with Crippen LogP contribution < -0.4 is 10.6 Å². The first-order valence-electron chi connectivity index (χ1n) is 6.66. The van der Waals surface area contributed by atoms with Crippen LogP contribution in [0.5, 0.6) is 0 Å². The van der Waals surface area contributed by atoms with E-state index in [1.54, 1.807) is 6.08 Å². The van der Waals surface area contributed by atoms with E-state index in [0.717, 1.165) is 45.8 Å². The summed E-state index contributed by atoms with van der Waals surface area (Å²) in [7, 11) is 0. The van der Waals surface area contributed by atoms with Crippen molar-refractivity contribution in [2.45, 2.75) is 19.4 Å². The van der Waals surface area contributed by atoms with Crippen LogP contribution in [0.1, 0.15) is 13.3 Å². The van der Waals surface area contributed by atoms with E-state index >= 15 is 0 Å². The smallest absolute Gasteiger partial charge is 0.237 e. The maximum absolute atomic E-state index is 11.5. The first-order valence-corrected chi connectivity index (χ1v) is 6.66. The van der Waals surface area contributed by atoms with Gasteiger partial charge in [0.05, 0.1) is 19.3 Å². The van der Waals surface area contributed by atoms with Crippen molar-refractivity contribution >= 4 is 5.91 Å². The van der Waals surface area contributed by atoms with E-state index in [1.165, 1.54) is 0 Å². The zero-order valence-corrected chi connectivity index (χ0v) is 11.3. The summed E-state index contributed by atoms with van der Waals surface area (Å²) in [6, 6.07) is -0.144. The van der Waals surface area contributed by atoms with Crippen LogP contribution >= 0.6 is 0 Å². The van der Waals surface area contributed by atoms with E-state index in [0.29, 0.717) is 6.54 Å². The molecule has 1 heterocycles. The van der Waals surface area contributed by atoms with Crippen molar-refractivity contribution in [2.24, 2.45) is 0 Å². The number of hydrogen-bond donors (Lipinski definition) is 2. The van der Waals surface area contributed by atoms with E-state index in [9.17, 15) is 4.79 Å². The first kappa shape index (κ1) is 15.1. The number of hydrogen-bond acceptors (Lipinski definition) is 4. The molecule has 0 radical (unpaired) electrons.